The number of nitrogens with zero attached hydrogens (tertiary/aromatic N) is 2. The molecule has 8 heteroatoms. The van der Waals surface area contributed by atoms with Gasteiger partial charge in [-0.1, -0.05) is 0 Å². The number of amides is 1. The summed E-state index contributed by atoms with van der Waals surface area (Å²) < 4.78 is 37.5. The second-order valence-electron chi connectivity index (χ2n) is 3.66. The zero-order chi connectivity index (χ0) is 13.9. The number of hydrogen-bond acceptors (Lipinski definition) is 4. The van der Waals surface area contributed by atoms with Crippen molar-refractivity contribution >= 4 is 17.3 Å². The SMILES string of the molecule is CNC(=O)CN(C)c1cc(C(F)(F)F)ncc1N. The quantitative estimate of drug-likeness (QED) is 0.847. The molecular formula is C10H13F3N4O. The molecule has 0 saturated carbocycles. The maximum absolute atomic E-state index is 12.5. The lowest BCUT2D eigenvalue weighted by atomic mass is 10.2. The van der Waals surface area contributed by atoms with Crippen molar-refractivity contribution in [2.24, 2.45) is 0 Å². The van der Waals surface area contributed by atoms with Gasteiger partial charge in [0.1, 0.15) is 5.69 Å². The molecule has 18 heavy (non-hydrogen) atoms. The van der Waals surface area contributed by atoms with Gasteiger partial charge in [0.15, 0.2) is 0 Å². The van der Waals surface area contributed by atoms with E-state index in [-0.39, 0.29) is 23.8 Å². The molecule has 0 bridgehead atoms. The molecule has 0 unspecified atom stereocenters. The molecule has 0 fully saturated rings. The van der Waals surface area contributed by atoms with Gasteiger partial charge >= 0.3 is 6.18 Å². The first-order valence-corrected chi connectivity index (χ1v) is 5.00. The molecular weight excluding hydrogens is 249 g/mol. The second-order valence-corrected chi connectivity index (χ2v) is 3.66. The van der Waals surface area contributed by atoms with E-state index in [1.807, 2.05) is 0 Å². The maximum atomic E-state index is 12.5. The third-order valence-electron chi connectivity index (χ3n) is 2.27. The van der Waals surface area contributed by atoms with Crippen molar-refractivity contribution in [2.75, 3.05) is 31.3 Å². The van der Waals surface area contributed by atoms with Crippen LogP contribution in [-0.4, -0.2) is 31.5 Å². The highest BCUT2D eigenvalue weighted by Gasteiger charge is 2.33. The number of rotatable bonds is 3. The lowest BCUT2D eigenvalue weighted by Gasteiger charge is -2.21. The van der Waals surface area contributed by atoms with Crippen molar-refractivity contribution in [3.63, 3.8) is 0 Å². The molecule has 0 spiro atoms. The average molecular weight is 262 g/mol. The molecule has 1 aromatic rings. The number of halogens is 3. The summed E-state index contributed by atoms with van der Waals surface area (Å²) in [6.07, 6.45) is -3.62. The zero-order valence-corrected chi connectivity index (χ0v) is 9.88. The number of carbonyl (C=O) groups is 1. The summed E-state index contributed by atoms with van der Waals surface area (Å²) in [4.78, 5) is 15.7. The van der Waals surface area contributed by atoms with Gasteiger partial charge in [-0.25, -0.2) is 4.98 Å². The van der Waals surface area contributed by atoms with Crippen molar-refractivity contribution < 1.29 is 18.0 Å². The Hall–Kier alpha value is -1.99. The van der Waals surface area contributed by atoms with E-state index < -0.39 is 11.9 Å². The normalized spacial score (nSPS) is 11.2. The van der Waals surface area contributed by atoms with Crippen molar-refractivity contribution in [2.45, 2.75) is 6.18 Å². The standard InChI is InChI=1S/C10H13F3N4O/c1-15-9(18)5-17(2)7-3-8(10(11,12)13)16-4-6(7)14/h3-4H,5,14H2,1-2H3,(H,15,18). The van der Waals surface area contributed by atoms with Crippen LogP contribution in [0.5, 0.6) is 0 Å². The van der Waals surface area contributed by atoms with E-state index >= 15 is 0 Å². The summed E-state index contributed by atoms with van der Waals surface area (Å²) in [6.45, 7) is -0.0952. The minimum Gasteiger partial charge on any atom is -0.396 e. The first-order valence-electron chi connectivity index (χ1n) is 5.00. The third kappa shape index (κ3) is 3.25. The molecule has 0 aromatic carbocycles. The van der Waals surface area contributed by atoms with E-state index in [2.05, 4.69) is 10.3 Å². The van der Waals surface area contributed by atoms with Crippen LogP contribution in [0, 0.1) is 0 Å². The van der Waals surface area contributed by atoms with Crippen molar-refractivity contribution in [1.82, 2.24) is 10.3 Å². The first-order chi connectivity index (χ1) is 8.25. The van der Waals surface area contributed by atoms with Gasteiger partial charge in [0, 0.05) is 14.1 Å². The van der Waals surface area contributed by atoms with Crippen LogP contribution in [0.3, 0.4) is 0 Å². The van der Waals surface area contributed by atoms with E-state index in [0.717, 1.165) is 12.3 Å². The van der Waals surface area contributed by atoms with Crippen LogP contribution in [-0.2, 0) is 11.0 Å². The fourth-order valence-electron chi connectivity index (χ4n) is 1.32. The molecule has 0 radical (unpaired) electrons. The molecule has 1 heterocycles. The van der Waals surface area contributed by atoms with E-state index in [1.54, 1.807) is 0 Å². The van der Waals surface area contributed by atoms with Crippen LogP contribution >= 0.6 is 0 Å². The molecule has 0 aliphatic heterocycles. The number of nitrogens with two attached hydrogens (primary N) is 1. The number of carbonyl (C=O) groups excluding carboxylic acids is 1. The second kappa shape index (κ2) is 5.11. The van der Waals surface area contributed by atoms with Gasteiger partial charge in [0.25, 0.3) is 0 Å². The maximum Gasteiger partial charge on any atom is 0.433 e. The number of alkyl halides is 3. The number of hydrogen-bond donors (Lipinski definition) is 2. The minimum absolute atomic E-state index is 0.0782. The molecule has 1 aromatic heterocycles. The average Bonchev–Trinajstić information content (AvgIpc) is 2.27. The van der Waals surface area contributed by atoms with Gasteiger partial charge < -0.3 is 16.0 Å². The van der Waals surface area contributed by atoms with E-state index in [0.29, 0.717) is 0 Å². The van der Waals surface area contributed by atoms with Gasteiger partial charge in [-0.2, -0.15) is 13.2 Å². The number of nitrogens with one attached hydrogen (secondary N) is 1. The highest BCUT2D eigenvalue weighted by Crippen LogP contribution is 2.32. The zero-order valence-electron chi connectivity index (χ0n) is 9.88. The van der Waals surface area contributed by atoms with Crippen LogP contribution in [0.2, 0.25) is 0 Å². The molecule has 0 aliphatic rings. The highest BCUT2D eigenvalue weighted by molar-refractivity contribution is 5.82. The molecule has 100 valence electrons. The Morgan fingerprint density at radius 2 is 2.17 bits per heavy atom. The number of likely N-dealkylation sites (N-methyl/N-ethyl adjacent to an activating group) is 2. The molecule has 0 saturated heterocycles. The summed E-state index contributed by atoms with van der Waals surface area (Å²) in [5, 5.41) is 2.37. The monoisotopic (exact) mass is 262 g/mol. The number of nitrogen functional groups attached to an aromatic ring is 1. The summed E-state index contributed by atoms with van der Waals surface area (Å²) >= 11 is 0. The highest BCUT2D eigenvalue weighted by atomic mass is 19.4. The summed E-state index contributed by atoms with van der Waals surface area (Å²) in [5.74, 6) is -0.331. The summed E-state index contributed by atoms with van der Waals surface area (Å²) in [5.41, 5.74) is 4.69. The fraction of sp³-hybridized carbons (Fsp3) is 0.400. The summed E-state index contributed by atoms with van der Waals surface area (Å²) in [7, 11) is 2.91. The topological polar surface area (TPSA) is 71.2 Å². The van der Waals surface area contributed by atoms with Crippen LogP contribution in [0.4, 0.5) is 24.5 Å². The van der Waals surface area contributed by atoms with Gasteiger partial charge in [-0.3, -0.25) is 4.79 Å². The Labute approximate surface area is 102 Å². The lowest BCUT2D eigenvalue weighted by molar-refractivity contribution is -0.141. The van der Waals surface area contributed by atoms with Gasteiger partial charge in [-0.05, 0) is 6.07 Å². The van der Waals surface area contributed by atoms with Crippen LogP contribution in [0.1, 0.15) is 5.69 Å². The van der Waals surface area contributed by atoms with Crippen LogP contribution < -0.4 is 16.0 Å². The molecule has 5 nitrogen and oxygen atoms in total. The fourth-order valence-corrected chi connectivity index (χ4v) is 1.32. The Kier molecular flexibility index (Phi) is 4.00. The molecule has 1 rings (SSSR count). The Bertz CT molecular complexity index is 447. The van der Waals surface area contributed by atoms with Crippen molar-refractivity contribution in [3.05, 3.63) is 18.0 Å². The minimum atomic E-state index is -4.55. The Balaban J connectivity index is 3.04. The lowest BCUT2D eigenvalue weighted by Crippen LogP contribution is -2.33. The van der Waals surface area contributed by atoms with E-state index in [9.17, 15) is 18.0 Å². The summed E-state index contributed by atoms with van der Waals surface area (Å²) in [6, 6.07) is 0.818. The van der Waals surface area contributed by atoms with Gasteiger partial charge in [0.2, 0.25) is 5.91 Å². The predicted octanol–water partition coefficient (Wildman–Crippen LogP) is 0.865. The molecule has 0 atom stereocenters. The van der Waals surface area contributed by atoms with Crippen molar-refractivity contribution in [3.8, 4) is 0 Å². The smallest absolute Gasteiger partial charge is 0.396 e. The Morgan fingerprint density at radius 3 is 2.67 bits per heavy atom. The van der Waals surface area contributed by atoms with Gasteiger partial charge in [0.05, 0.1) is 24.1 Å². The van der Waals surface area contributed by atoms with E-state index in [4.69, 9.17) is 5.73 Å². The Morgan fingerprint density at radius 1 is 1.56 bits per heavy atom. The number of aromatic nitrogens is 1. The van der Waals surface area contributed by atoms with Crippen LogP contribution in [0.15, 0.2) is 12.3 Å². The van der Waals surface area contributed by atoms with Crippen LogP contribution in [0.25, 0.3) is 0 Å². The van der Waals surface area contributed by atoms with E-state index in [1.165, 1.54) is 19.0 Å². The largest absolute Gasteiger partial charge is 0.433 e. The van der Waals surface area contributed by atoms with Gasteiger partial charge in [-0.15, -0.1) is 0 Å². The molecule has 0 aliphatic carbocycles. The predicted molar refractivity (Wildman–Crippen MR) is 61.0 cm³/mol. The first kappa shape index (κ1) is 14.1. The van der Waals surface area contributed by atoms with Crippen molar-refractivity contribution in [1.29, 1.82) is 0 Å². The molecule has 3 N–H and O–H groups in total. The number of anilines is 2. The number of pyridine rings is 1. The third-order valence-corrected chi connectivity index (χ3v) is 2.27. The molecule has 1 amide bonds.